The fourth-order valence-corrected chi connectivity index (χ4v) is 5.84. The molecule has 0 N–H and O–H groups in total. The van der Waals surface area contributed by atoms with Crippen LogP contribution in [-0.2, 0) is 5.75 Å². The van der Waals surface area contributed by atoms with Crippen molar-refractivity contribution in [3.05, 3.63) is 75.8 Å². The van der Waals surface area contributed by atoms with Gasteiger partial charge in [0, 0.05) is 40.4 Å². The predicted octanol–water partition coefficient (Wildman–Crippen LogP) is 6.74. The Morgan fingerprint density at radius 1 is 1.00 bits per heavy atom. The van der Waals surface area contributed by atoms with Gasteiger partial charge in [0.15, 0.2) is 0 Å². The van der Waals surface area contributed by atoms with Gasteiger partial charge in [0.2, 0.25) is 0 Å². The molecule has 5 rings (SSSR count). The summed E-state index contributed by atoms with van der Waals surface area (Å²) < 4.78 is 5.11. The largest absolute Gasteiger partial charge is 0.408 e. The molecule has 37 heavy (non-hydrogen) atoms. The van der Waals surface area contributed by atoms with Crippen LogP contribution in [0.25, 0.3) is 21.7 Å². The Kier molecular flexibility index (Phi) is 7.30. The molecule has 2 aromatic carbocycles. The lowest BCUT2D eigenvalue weighted by atomic mass is 9.96. The maximum atomic E-state index is 10.2. The lowest BCUT2D eigenvalue weighted by Crippen LogP contribution is -2.38. The van der Waals surface area contributed by atoms with Crippen LogP contribution in [0.15, 0.2) is 58.9 Å². The average molecular weight is 540 g/mol. The predicted molar refractivity (Wildman–Crippen MR) is 148 cm³/mol. The summed E-state index contributed by atoms with van der Waals surface area (Å²) in [5.41, 5.74) is 3.94. The van der Waals surface area contributed by atoms with Gasteiger partial charge in [-0.2, -0.15) is 10.5 Å². The SMILES string of the molecule is C#COc1ccc(-c2c(C#N)c(SCc3csc(-c4ccc(Cl)cc4)n3)nc(N3CCC3)c2C#N)cc1. The number of thiazole rings is 1. The molecule has 0 atom stereocenters. The van der Waals surface area contributed by atoms with Crippen LogP contribution in [-0.4, -0.2) is 23.1 Å². The van der Waals surface area contributed by atoms with Crippen LogP contribution in [0, 0.1) is 35.2 Å². The highest BCUT2D eigenvalue weighted by atomic mass is 35.5. The molecule has 1 fully saturated rings. The van der Waals surface area contributed by atoms with Crippen LogP contribution in [0.2, 0.25) is 5.02 Å². The molecule has 6 nitrogen and oxygen atoms in total. The van der Waals surface area contributed by atoms with Crippen molar-refractivity contribution in [1.29, 1.82) is 10.5 Å². The molecule has 0 radical (unpaired) electrons. The number of anilines is 1. The Morgan fingerprint density at radius 2 is 1.70 bits per heavy atom. The van der Waals surface area contributed by atoms with Gasteiger partial charge in [-0.3, -0.25) is 0 Å². The van der Waals surface area contributed by atoms with E-state index in [0.29, 0.717) is 44.1 Å². The molecule has 1 saturated heterocycles. The van der Waals surface area contributed by atoms with Crippen molar-refractivity contribution >= 4 is 40.5 Å². The second-order valence-corrected chi connectivity index (χ2v) is 10.4. The second kappa shape index (κ2) is 10.9. The zero-order chi connectivity index (χ0) is 25.8. The standard InChI is InChI=1S/C28H18ClN5OS2/c1-2-35-22-10-6-18(7-11-22)25-23(14-30)26(34-12-3-13-34)33-28(24(25)15-31)37-17-21-16-36-27(32-21)19-4-8-20(29)9-5-19/h1,4-11,16H,3,12-13,17H2. The minimum absolute atomic E-state index is 0.365. The molecule has 1 aliphatic heterocycles. The van der Waals surface area contributed by atoms with Crippen molar-refractivity contribution in [2.75, 3.05) is 18.0 Å². The molecule has 180 valence electrons. The van der Waals surface area contributed by atoms with E-state index in [1.807, 2.05) is 29.6 Å². The van der Waals surface area contributed by atoms with E-state index in [1.165, 1.54) is 11.8 Å². The van der Waals surface area contributed by atoms with E-state index in [4.69, 9.17) is 32.7 Å². The summed E-state index contributed by atoms with van der Waals surface area (Å²) in [7, 11) is 0. The third-order valence-corrected chi connectivity index (χ3v) is 8.04. The lowest BCUT2D eigenvalue weighted by molar-refractivity contribution is 0.521. The Morgan fingerprint density at radius 3 is 2.32 bits per heavy atom. The van der Waals surface area contributed by atoms with E-state index < -0.39 is 0 Å². The summed E-state index contributed by atoms with van der Waals surface area (Å²) in [6.07, 6.45) is 8.42. The number of pyridine rings is 1. The molecule has 4 aromatic rings. The van der Waals surface area contributed by atoms with Crippen LogP contribution in [0.4, 0.5) is 5.82 Å². The molecule has 0 aliphatic carbocycles. The highest BCUT2D eigenvalue weighted by molar-refractivity contribution is 7.98. The fraction of sp³-hybridized carbons (Fsp3) is 0.143. The van der Waals surface area contributed by atoms with Gasteiger partial charge >= 0.3 is 0 Å². The molecule has 9 heteroatoms. The first kappa shape index (κ1) is 24.7. The van der Waals surface area contributed by atoms with Gasteiger partial charge in [0.25, 0.3) is 0 Å². The van der Waals surface area contributed by atoms with Crippen LogP contribution in [0.5, 0.6) is 5.75 Å². The Bertz CT molecular complexity index is 1570. The first-order chi connectivity index (χ1) is 18.1. The Balaban J connectivity index is 1.51. The normalized spacial score (nSPS) is 12.2. The first-order valence-electron chi connectivity index (χ1n) is 11.3. The topological polar surface area (TPSA) is 85.8 Å². The third-order valence-electron chi connectivity index (χ3n) is 5.84. The van der Waals surface area contributed by atoms with Crippen LogP contribution < -0.4 is 9.64 Å². The Labute approximate surface area is 228 Å². The van der Waals surface area contributed by atoms with Crippen molar-refractivity contribution in [1.82, 2.24) is 9.97 Å². The van der Waals surface area contributed by atoms with Crippen LogP contribution in [0.1, 0.15) is 23.2 Å². The maximum Gasteiger partial charge on any atom is 0.148 e. The fourth-order valence-electron chi connectivity index (χ4n) is 3.91. The zero-order valence-corrected chi connectivity index (χ0v) is 21.8. The summed E-state index contributed by atoms with van der Waals surface area (Å²) >= 11 is 9.01. The van der Waals surface area contributed by atoms with Crippen molar-refractivity contribution in [3.63, 3.8) is 0 Å². The minimum atomic E-state index is 0.365. The number of rotatable bonds is 7. The third kappa shape index (κ3) is 5.12. The number of halogens is 1. The van der Waals surface area contributed by atoms with Crippen molar-refractivity contribution < 1.29 is 4.74 Å². The number of hydrogen-bond acceptors (Lipinski definition) is 8. The molecule has 0 unspecified atom stereocenters. The smallest absolute Gasteiger partial charge is 0.148 e. The van der Waals surface area contributed by atoms with Gasteiger partial charge in [-0.05, 0) is 36.2 Å². The number of benzene rings is 2. The highest BCUT2D eigenvalue weighted by Gasteiger charge is 2.27. The summed E-state index contributed by atoms with van der Waals surface area (Å²) in [4.78, 5) is 11.6. The quantitative estimate of drug-likeness (QED) is 0.190. The van der Waals surface area contributed by atoms with Gasteiger partial charge < -0.3 is 9.64 Å². The number of thioether (sulfide) groups is 1. The summed E-state index contributed by atoms with van der Waals surface area (Å²) in [6, 6.07) is 19.2. The van der Waals surface area contributed by atoms with E-state index in [9.17, 15) is 10.5 Å². The van der Waals surface area contributed by atoms with Gasteiger partial charge in [-0.25, -0.2) is 9.97 Å². The van der Waals surface area contributed by atoms with E-state index in [1.54, 1.807) is 35.6 Å². The monoisotopic (exact) mass is 539 g/mol. The zero-order valence-electron chi connectivity index (χ0n) is 19.4. The first-order valence-corrected chi connectivity index (χ1v) is 13.5. The van der Waals surface area contributed by atoms with E-state index in [2.05, 4.69) is 23.1 Å². The maximum absolute atomic E-state index is 10.2. The number of aromatic nitrogens is 2. The van der Waals surface area contributed by atoms with Crippen molar-refractivity contribution in [2.24, 2.45) is 0 Å². The van der Waals surface area contributed by atoms with Gasteiger partial charge in [0.05, 0.1) is 11.3 Å². The van der Waals surface area contributed by atoms with Crippen molar-refractivity contribution in [3.8, 4) is 52.1 Å². The second-order valence-electron chi connectivity index (χ2n) is 8.11. The number of nitrogens with zero attached hydrogens (tertiary/aromatic N) is 5. The molecule has 0 amide bonds. The lowest BCUT2D eigenvalue weighted by Gasteiger charge is -2.33. The molecule has 3 heterocycles. The van der Waals surface area contributed by atoms with Crippen LogP contribution >= 0.6 is 34.7 Å². The van der Waals surface area contributed by atoms with Crippen molar-refractivity contribution in [2.45, 2.75) is 17.2 Å². The number of hydrogen-bond donors (Lipinski definition) is 0. The van der Waals surface area contributed by atoms with Gasteiger partial charge in [-0.15, -0.1) is 11.3 Å². The summed E-state index contributed by atoms with van der Waals surface area (Å²) in [5.74, 6) is 1.65. The molecule has 0 spiro atoms. The highest BCUT2D eigenvalue weighted by Crippen LogP contribution is 2.40. The Hall–Kier alpha value is -4.00. The van der Waals surface area contributed by atoms with Gasteiger partial charge in [-0.1, -0.05) is 54.1 Å². The number of terminal acetylenes is 1. The van der Waals surface area contributed by atoms with E-state index in [-0.39, 0.29) is 0 Å². The summed E-state index contributed by atoms with van der Waals surface area (Å²) in [6.45, 7) is 1.64. The van der Waals surface area contributed by atoms with E-state index >= 15 is 0 Å². The van der Waals surface area contributed by atoms with E-state index in [0.717, 1.165) is 41.3 Å². The summed E-state index contributed by atoms with van der Waals surface area (Å²) in [5, 5.41) is 24.5. The van der Waals surface area contributed by atoms with Crippen LogP contribution in [0.3, 0.4) is 0 Å². The van der Waals surface area contributed by atoms with Gasteiger partial charge in [0.1, 0.15) is 45.4 Å². The molecule has 2 aromatic heterocycles. The minimum Gasteiger partial charge on any atom is -0.408 e. The number of nitriles is 2. The average Bonchev–Trinajstić information content (AvgIpc) is 3.36. The molecular formula is C28H18ClN5OS2. The molecule has 0 saturated carbocycles. The molecule has 1 aliphatic rings. The molecular weight excluding hydrogens is 522 g/mol. The number of ether oxygens (including phenoxy) is 1. The molecule has 0 bridgehead atoms.